The first-order valence-electron chi connectivity index (χ1n) is 8.53. The highest BCUT2D eigenvalue weighted by molar-refractivity contribution is 5.86. The number of hydrogen-bond acceptors (Lipinski definition) is 3. The Morgan fingerprint density at radius 3 is 2.71 bits per heavy atom. The predicted octanol–water partition coefficient (Wildman–Crippen LogP) is 1.38. The van der Waals surface area contributed by atoms with E-state index in [9.17, 15) is 4.79 Å². The van der Waals surface area contributed by atoms with Crippen LogP contribution < -0.4 is 10.6 Å². The molecule has 0 spiro atoms. The fourth-order valence-electron chi connectivity index (χ4n) is 2.42. The Labute approximate surface area is 144 Å². The Morgan fingerprint density at radius 2 is 2.04 bits per heavy atom. The summed E-state index contributed by atoms with van der Waals surface area (Å²) in [5.41, 5.74) is 1.13. The predicted molar refractivity (Wildman–Crippen MR) is 95.9 cm³/mol. The number of guanidine groups is 1. The molecule has 1 aromatic carbocycles. The van der Waals surface area contributed by atoms with Gasteiger partial charge in [0.05, 0.1) is 19.2 Å². The molecule has 0 aliphatic carbocycles. The van der Waals surface area contributed by atoms with Gasteiger partial charge in [0, 0.05) is 27.2 Å². The van der Waals surface area contributed by atoms with Crippen molar-refractivity contribution in [3.05, 3.63) is 35.9 Å². The molecule has 0 saturated carbocycles. The Kier molecular flexibility index (Phi) is 7.55. The number of benzene rings is 1. The highest BCUT2D eigenvalue weighted by Gasteiger charge is 2.14. The number of rotatable bonds is 6. The van der Waals surface area contributed by atoms with Crippen molar-refractivity contribution >= 4 is 11.9 Å². The summed E-state index contributed by atoms with van der Waals surface area (Å²) in [4.78, 5) is 17.9. The quantitative estimate of drug-likeness (QED) is 0.610. The first-order chi connectivity index (χ1) is 11.6. The number of ether oxygens (including phenoxy) is 1. The van der Waals surface area contributed by atoms with Gasteiger partial charge in [-0.3, -0.25) is 4.79 Å². The molecular weight excluding hydrogens is 304 g/mol. The van der Waals surface area contributed by atoms with E-state index >= 15 is 0 Å². The maximum absolute atomic E-state index is 11.8. The Bertz CT molecular complexity index is 525. The molecule has 1 unspecified atom stereocenters. The van der Waals surface area contributed by atoms with Crippen LogP contribution >= 0.6 is 0 Å². The number of hydrogen-bond donors (Lipinski definition) is 2. The Morgan fingerprint density at radius 1 is 1.25 bits per heavy atom. The summed E-state index contributed by atoms with van der Waals surface area (Å²) in [5.74, 6) is 0.654. The van der Waals surface area contributed by atoms with Gasteiger partial charge >= 0.3 is 0 Å². The summed E-state index contributed by atoms with van der Waals surface area (Å²) < 4.78 is 5.73. The molecule has 24 heavy (non-hydrogen) atoms. The van der Waals surface area contributed by atoms with Crippen LogP contribution in [0.15, 0.2) is 35.3 Å². The molecule has 1 fully saturated rings. The van der Waals surface area contributed by atoms with Gasteiger partial charge in [0.25, 0.3) is 0 Å². The molecule has 132 valence electrons. The molecule has 1 aliphatic rings. The van der Waals surface area contributed by atoms with Crippen LogP contribution in [0.1, 0.15) is 24.8 Å². The first-order valence-corrected chi connectivity index (χ1v) is 8.53. The van der Waals surface area contributed by atoms with Crippen LogP contribution in [0.25, 0.3) is 0 Å². The number of carbonyl (C=O) groups is 1. The highest BCUT2D eigenvalue weighted by Crippen LogP contribution is 2.11. The number of nitrogens with zero attached hydrogens (tertiary/aromatic N) is 2. The summed E-state index contributed by atoms with van der Waals surface area (Å²) in [6.45, 7) is 2.32. The van der Waals surface area contributed by atoms with Crippen molar-refractivity contribution < 1.29 is 9.53 Å². The molecular formula is C18H28N4O2. The van der Waals surface area contributed by atoms with Crippen molar-refractivity contribution in [3.8, 4) is 0 Å². The lowest BCUT2D eigenvalue weighted by Gasteiger charge is -2.24. The van der Waals surface area contributed by atoms with E-state index < -0.39 is 0 Å². The number of amides is 1. The lowest BCUT2D eigenvalue weighted by atomic mass is 10.1. The molecule has 1 aromatic rings. The molecule has 0 aromatic heterocycles. The summed E-state index contributed by atoms with van der Waals surface area (Å²) >= 11 is 0. The van der Waals surface area contributed by atoms with Gasteiger partial charge in [0.15, 0.2) is 5.96 Å². The van der Waals surface area contributed by atoms with E-state index in [1.165, 1.54) is 6.42 Å². The highest BCUT2D eigenvalue weighted by atomic mass is 16.5. The smallest absolute Gasteiger partial charge is 0.241 e. The van der Waals surface area contributed by atoms with Crippen molar-refractivity contribution in [3.63, 3.8) is 0 Å². The number of aliphatic imine (C=N–C) groups is 1. The van der Waals surface area contributed by atoms with Gasteiger partial charge in [-0.15, -0.1) is 0 Å². The molecule has 1 amide bonds. The van der Waals surface area contributed by atoms with Crippen LogP contribution in [0.3, 0.4) is 0 Å². The van der Waals surface area contributed by atoms with Gasteiger partial charge in [0.1, 0.15) is 0 Å². The molecule has 6 heteroatoms. The van der Waals surface area contributed by atoms with Gasteiger partial charge in [-0.05, 0) is 24.8 Å². The van der Waals surface area contributed by atoms with Crippen LogP contribution in [-0.4, -0.2) is 56.7 Å². The second kappa shape index (κ2) is 9.93. The minimum atomic E-state index is 0.0122. The van der Waals surface area contributed by atoms with Crippen LogP contribution in [0, 0.1) is 0 Å². The van der Waals surface area contributed by atoms with Crippen LogP contribution in [0.4, 0.5) is 0 Å². The lowest BCUT2D eigenvalue weighted by molar-refractivity contribution is -0.127. The van der Waals surface area contributed by atoms with Crippen molar-refractivity contribution in [2.45, 2.75) is 31.9 Å². The van der Waals surface area contributed by atoms with E-state index in [-0.39, 0.29) is 18.6 Å². The normalized spacial score (nSPS) is 18.1. The molecule has 2 rings (SSSR count). The average molecular weight is 332 g/mol. The van der Waals surface area contributed by atoms with E-state index in [1.807, 2.05) is 30.3 Å². The second-order valence-electron chi connectivity index (χ2n) is 6.16. The maximum Gasteiger partial charge on any atom is 0.241 e. The minimum Gasteiger partial charge on any atom is -0.376 e. The number of nitrogens with one attached hydrogen (secondary N) is 2. The Hall–Kier alpha value is -2.08. The van der Waals surface area contributed by atoms with E-state index in [0.717, 1.165) is 25.0 Å². The van der Waals surface area contributed by atoms with Gasteiger partial charge < -0.3 is 20.3 Å². The average Bonchev–Trinajstić information content (AvgIpc) is 2.62. The molecule has 0 bridgehead atoms. The summed E-state index contributed by atoms with van der Waals surface area (Å²) in [5, 5.41) is 6.40. The standard InChI is InChI=1S/C18H28N4O2/c1-22(2)17(23)14-21-18(19-12-15-8-4-3-5-9-15)20-13-16-10-6-7-11-24-16/h3-5,8-9,16H,6-7,10-14H2,1-2H3,(H2,19,20,21). The van der Waals surface area contributed by atoms with E-state index in [1.54, 1.807) is 19.0 Å². The monoisotopic (exact) mass is 332 g/mol. The van der Waals surface area contributed by atoms with E-state index in [2.05, 4.69) is 15.6 Å². The van der Waals surface area contributed by atoms with Gasteiger partial charge in [0.2, 0.25) is 5.91 Å². The van der Waals surface area contributed by atoms with Crippen molar-refractivity contribution in [2.75, 3.05) is 33.8 Å². The molecule has 1 heterocycles. The molecule has 1 aliphatic heterocycles. The van der Waals surface area contributed by atoms with Gasteiger partial charge in [-0.2, -0.15) is 0 Å². The topological polar surface area (TPSA) is 66.0 Å². The summed E-state index contributed by atoms with van der Waals surface area (Å²) in [7, 11) is 3.49. The zero-order valence-electron chi connectivity index (χ0n) is 14.6. The first kappa shape index (κ1) is 18.3. The third-order valence-corrected chi connectivity index (χ3v) is 3.94. The molecule has 1 atom stereocenters. The second-order valence-corrected chi connectivity index (χ2v) is 6.16. The van der Waals surface area contributed by atoms with E-state index in [4.69, 9.17) is 4.74 Å². The van der Waals surface area contributed by atoms with Crippen LogP contribution in [-0.2, 0) is 16.1 Å². The van der Waals surface area contributed by atoms with Gasteiger partial charge in [-0.25, -0.2) is 4.99 Å². The zero-order chi connectivity index (χ0) is 17.2. The summed E-state index contributed by atoms with van der Waals surface area (Å²) in [6, 6.07) is 10.1. The molecule has 1 saturated heterocycles. The minimum absolute atomic E-state index is 0.0122. The lowest BCUT2D eigenvalue weighted by Crippen LogP contribution is -2.45. The zero-order valence-corrected chi connectivity index (χ0v) is 14.6. The maximum atomic E-state index is 11.8. The van der Waals surface area contributed by atoms with Crippen molar-refractivity contribution in [1.29, 1.82) is 0 Å². The molecule has 0 radical (unpaired) electrons. The Balaban J connectivity index is 1.90. The number of carbonyl (C=O) groups excluding carboxylic acids is 1. The third kappa shape index (κ3) is 6.58. The molecule has 6 nitrogen and oxygen atoms in total. The fourth-order valence-corrected chi connectivity index (χ4v) is 2.42. The largest absolute Gasteiger partial charge is 0.376 e. The van der Waals surface area contributed by atoms with Gasteiger partial charge in [-0.1, -0.05) is 30.3 Å². The summed E-state index contributed by atoms with van der Waals surface area (Å²) in [6.07, 6.45) is 3.62. The third-order valence-electron chi connectivity index (χ3n) is 3.94. The van der Waals surface area contributed by atoms with Crippen LogP contribution in [0.5, 0.6) is 0 Å². The SMILES string of the molecule is CN(C)C(=O)CNC(=NCc1ccccc1)NCC1CCCCO1. The molecule has 2 N–H and O–H groups in total. The number of likely N-dealkylation sites (N-methyl/N-ethyl adjacent to an activating group) is 1. The van der Waals surface area contributed by atoms with Crippen LogP contribution in [0.2, 0.25) is 0 Å². The van der Waals surface area contributed by atoms with Crippen molar-refractivity contribution in [2.24, 2.45) is 4.99 Å². The van der Waals surface area contributed by atoms with E-state index in [0.29, 0.717) is 19.0 Å². The van der Waals surface area contributed by atoms with Crippen molar-refractivity contribution in [1.82, 2.24) is 15.5 Å². The fraction of sp³-hybridized carbons (Fsp3) is 0.556.